The van der Waals surface area contributed by atoms with E-state index in [2.05, 4.69) is 4.74 Å². The third kappa shape index (κ3) is 11.9. The number of rotatable bonds is 2. The van der Waals surface area contributed by atoms with E-state index in [1.54, 1.807) is 13.8 Å². The van der Waals surface area contributed by atoms with Crippen molar-refractivity contribution in [3.63, 3.8) is 0 Å². The SMILES string of the molecule is CC.CC1CCC(CO)O1.COC(C)(C)O. The zero-order valence-corrected chi connectivity index (χ0v) is 11.5. The molecule has 1 aliphatic rings. The van der Waals surface area contributed by atoms with Gasteiger partial charge in [-0.15, -0.1) is 0 Å². The zero-order chi connectivity index (χ0) is 13.2. The number of ether oxygens (including phenoxy) is 2. The lowest BCUT2D eigenvalue weighted by molar-refractivity contribution is -0.155. The number of hydrogen-bond donors (Lipinski definition) is 2. The average Bonchev–Trinajstić information content (AvgIpc) is 2.67. The van der Waals surface area contributed by atoms with Gasteiger partial charge in [-0.1, -0.05) is 13.8 Å². The summed E-state index contributed by atoms with van der Waals surface area (Å²) in [5.74, 6) is -0.958. The number of hydrogen-bond acceptors (Lipinski definition) is 4. The van der Waals surface area contributed by atoms with Crippen LogP contribution in [0, 0.1) is 0 Å². The molecule has 0 aromatic heterocycles. The molecule has 0 amide bonds. The predicted octanol–water partition coefficient (Wildman–Crippen LogP) is 1.93. The van der Waals surface area contributed by atoms with Gasteiger partial charge in [0.1, 0.15) is 0 Å². The van der Waals surface area contributed by atoms with Crippen LogP contribution in [-0.4, -0.2) is 41.9 Å². The van der Waals surface area contributed by atoms with Crippen LogP contribution in [0.2, 0.25) is 0 Å². The summed E-state index contributed by atoms with van der Waals surface area (Å²) in [6.07, 6.45) is 2.63. The van der Waals surface area contributed by atoms with Crippen LogP contribution in [0.3, 0.4) is 0 Å². The van der Waals surface area contributed by atoms with Crippen molar-refractivity contribution < 1.29 is 19.7 Å². The van der Waals surface area contributed by atoms with Crippen LogP contribution in [0.15, 0.2) is 0 Å². The Hall–Kier alpha value is -0.160. The van der Waals surface area contributed by atoms with Crippen LogP contribution in [0.1, 0.15) is 47.5 Å². The summed E-state index contributed by atoms with van der Waals surface area (Å²) in [7, 11) is 1.46. The van der Waals surface area contributed by atoms with Crippen molar-refractivity contribution in [2.45, 2.75) is 65.5 Å². The Balaban J connectivity index is 0. The van der Waals surface area contributed by atoms with Gasteiger partial charge >= 0.3 is 0 Å². The van der Waals surface area contributed by atoms with Gasteiger partial charge in [-0.3, -0.25) is 0 Å². The zero-order valence-electron chi connectivity index (χ0n) is 11.5. The molecule has 0 bridgehead atoms. The first-order chi connectivity index (χ1) is 7.39. The molecular formula is C12H28O4. The second kappa shape index (κ2) is 10.0. The van der Waals surface area contributed by atoms with Crippen molar-refractivity contribution in [2.75, 3.05) is 13.7 Å². The maximum Gasteiger partial charge on any atom is 0.159 e. The summed E-state index contributed by atoms with van der Waals surface area (Å²) < 4.78 is 9.75. The van der Waals surface area contributed by atoms with E-state index >= 15 is 0 Å². The first-order valence-corrected chi connectivity index (χ1v) is 5.93. The number of aliphatic hydroxyl groups is 2. The average molecular weight is 236 g/mol. The Labute approximate surface area is 99.6 Å². The van der Waals surface area contributed by atoms with Gasteiger partial charge < -0.3 is 19.7 Å². The topological polar surface area (TPSA) is 58.9 Å². The number of aliphatic hydroxyl groups excluding tert-OH is 1. The summed E-state index contributed by atoms with van der Waals surface area (Å²) in [5, 5.41) is 17.2. The van der Waals surface area contributed by atoms with E-state index in [1.165, 1.54) is 7.11 Å². The van der Waals surface area contributed by atoms with Gasteiger partial charge in [0.05, 0.1) is 18.8 Å². The van der Waals surface area contributed by atoms with Crippen molar-refractivity contribution in [3.05, 3.63) is 0 Å². The molecule has 4 nitrogen and oxygen atoms in total. The molecule has 0 radical (unpaired) electrons. The van der Waals surface area contributed by atoms with E-state index < -0.39 is 5.79 Å². The molecule has 0 spiro atoms. The van der Waals surface area contributed by atoms with Crippen molar-refractivity contribution >= 4 is 0 Å². The Morgan fingerprint density at radius 2 is 1.75 bits per heavy atom. The molecule has 2 N–H and O–H groups in total. The first kappa shape index (κ1) is 18.2. The fourth-order valence-electron chi connectivity index (χ4n) is 1.02. The highest BCUT2D eigenvalue weighted by Gasteiger charge is 2.19. The lowest BCUT2D eigenvalue weighted by Gasteiger charge is -2.12. The van der Waals surface area contributed by atoms with E-state index in [9.17, 15) is 0 Å². The largest absolute Gasteiger partial charge is 0.394 e. The van der Waals surface area contributed by atoms with E-state index in [0.717, 1.165) is 12.8 Å². The van der Waals surface area contributed by atoms with E-state index in [1.807, 2.05) is 20.8 Å². The highest BCUT2D eigenvalue weighted by molar-refractivity contribution is 4.68. The van der Waals surface area contributed by atoms with Crippen LogP contribution in [-0.2, 0) is 9.47 Å². The summed E-state index contributed by atoms with van der Waals surface area (Å²) in [4.78, 5) is 0. The molecule has 1 aliphatic heterocycles. The molecule has 1 heterocycles. The molecule has 2 unspecified atom stereocenters. The van der Waals surface area contributed by atoms with Crippen LogP contribution in [0.5, 0.6) is 0 Å². The van der Waals surface area contributed by atoms with Gasteiger partial charge in [-0.25, -0.2) is 0 Å². The van der Waals surface area contributed by atoms with Gasteiger partial charge in [-0.2, -0.15) is 0 Å². The summed E-state index contributed by atoms with van der Waals surface area (Å²) in [6.45, 7) is 9.38. The Kier molecular flexibility index (Phi) is 11.4. The fraction of sp³-hybridized carbons (Fsp3) is 1.00. The minimum Gasteiger partial charge on any atom is -0.394 e. The quantitative estimate of drug-likeness (QED) is 0.719. The first-order valence-electron chi connectivity index (χ1n) is 5.93. The highest BCUT2D eigenvalue weighted by atomic mass is 16.6. The van der Waals surface area contributed by atoms with Gasteiger partial charge in [0, 0.05) is 7.11 Å². The lowest BCUT2D eigenvalue weighted by Crippen LogP contribution is -2.20. The van der Waals surface area contributed by atoms with Crippen LogP contribution in [0.25, 0.3) is 0 Å². The lowest BCUT2D eigenvalue weighted by atomic mass is 10.2. The van der Waals surface area contributed by atoms with Crippen molar-refractivity contribution in [1.29, 1.82) is 0 Å². The molecule has 0 aromatic rings. The minimum atomic E-state index is -0.958. The van der Waals surface area contributed by atoms with E-state index in [0.29, 0.717) is 6.10 Å². The molecule has 16 heavy (non-hydrogen) atoms. The third-order valence-corrected chi connectivity index (χ3v) is 2.02. The Bertz CT molecular complexity index is 142. The molecule has 0 aliphatic carbocycles. The second-order valence-electron chi connectivity index (χ2n) is 3.98. The molecule has 0 saturated carbocycles. The van der Waals surface area contributed by atoms with Gasteiger partial charge in [0.2, 0.25) is 0 Å². The molecule has 0 aromatic carbocycles. The summed E-state index contributed by atoms with van der Waals surface area (Å²) in [6, 6.07) is 0. The summed E-state index contributed by atoms with van der Waals surface area (Å²) >= 11 is 0. The highest BCUT2D eigenvalue weighted by Crippen LogP contribution is 2.17. The molecule has 1 rings (SSSR count). The molecule has 1 saturated heterocycles. The normalized spacial score (nSPS) is 24.0. The van der Waals surface area contributed by atoms with Gasteiger partial charge in [-0.05, 0) is 33.6 Å². The maximum atomic E-state index is 8.60. The van der Waals surface area contributed by atoms with Gasteiger partial charge in [0.25, 0.3) is 0 Å². The standard InChI is InChI=1S/C6H12O2.C4H10O2.C2H6/c1-5-2-3-6(4-7)8-5;1-4(2,5)6-3;1-2/h5-7H,2-4H2,1H3;5H,1-3H3;1-2H3. The van der Waals surface area contributed by atoms with Crippen molar-refractivity contribution in [2.24, 2.45) is 0 Å². The van der Waals surface area contributed by atoms with E-state index in [-0.39, 0.29) is 12.7 Å². The molecule has 4 heteroatoms. The Morgan fingerprint density at radius 1 is 1.31 bits per heavy atom. The van der Waals surface area contributed by atoms with Crippen LogP contribution in [0.4, 0.5) is 0 Å². The molecular weight excluding hydrogens is 208 g/mol. The molecule has 100 valence electrons. The van der Waals surface area contributed by atoms with Gasteiger partial charge in [0.15, 0.2) is 5.79 Å². The number of methoxy groups -OCH3 is 1. The fourth-order valence-corrected chi connectivity index (χ4v) is 1.02. The van der Waals surface area contributed by atoms with E-state index in [4.69, 9.17) is 14.9 Å². The van der Waals surface area contributed by atoms with Crippen molar-refractivity contribution in [3.8, 4) is 0 Å². The Morgan fingerprint density at radius 3 is 1.88 bits per heavy atom. The smallest absolute Gasteiger partial charge is 0.159 e. The molecule has 1 fully saturated rings. The van der Waals surface area contributed by atoms with Crippen molar-refractivity contribution in [1.82, 2.24) is 0 Å². The maximum absolute atomic E-state index is 8.60. The third-order valence-electron chi connectivity index (χ3n) is 2.02. The van der Waals surface area contributed by atoms with Crippen LogP contribution < -0.4 is 0 Å². The second-order valence-corrected chi connectivity index (χ2v) is 3.98. The molecule has 2 atom stereocenters. The minimum absolute atomic E-state index is 0.130. The van der Waals surface area contributed by atoms with Crippen LogP contribution >= 0.6 is 0 Å². The summed E-state index contributed by atoms with van der Waals surface area (Å²) in [5.41, 5.74) is 0. The predicted molar refractivity (Wildman–Crippen MR) is 65.3 cm³/mol. The monoisotopic (exact) mass is 236 g/mol.